The van der Waals surface area contributed by atoms with Gasteiger partial charge >= 0.3 is 17.9 Å². The predicted molar refractivity (Wildman–Crippen MR) is 330 cm³/mol. The quantitative estimate of drug-likeness (QED) is 0.0649. The Morgan fingerprint density at radius 3 is 1.41 bits per heavy atom. The van der Waals surface area contributed by atoms with Crippen molar-refractivity contribution >= 4 is 30.2 Å². The molecule has 26 atom stereocenters. The third kappa shape index (κ3) is 9.23. The topological polar surface area (TPSA) is 281 Å². The molecule has 0 aromatic heterocycles. The number of hydrogen-bond donors (Lipinski definition) is 7. The zero-order valence-electron chi connectivity index (χ0n) is 56.4. The molecule has 88 heavy (non-hydrogen) atoms. The number of primary amides is 1. The Morgan fingerprint density at radius 1 is 0.648 bits per heavy atom. The van der Waals surface area contributed by atoms with Crippen LogP contribution in [0.5, 0.6) is 0 Å². The smallest absolute Gasteiger partial charge is 0.319 e. The fourth-order valence-electron chi connectivity index (χ4n) is 26.0. The van der Waals surface area contributed by atoms with Crippen LogP contribution in [0.15, 0.2) is 4.99 Å². The van der Waals surface area contributed by atoms with Crippen LogP contribution in [0, 0.1) is 101 Å². The van der Waals surface area contributed by atoms with Crippen molar-refractivity contribution in [1.82, 2.24) is 5.32 Å². The second-order valence-corrected chi connectivity index (χ2v) is 34.5. The Kier molecular flexibility index (Phi) is 16.5. The van der Waals surface area contributed by atoms with Gasteiger partial charge in [0.15, 0.2) is 18.1 Å². The number of carbonyl (C=O) groups is 4. The molecule has 12 fully saturated rings. The van der Waals surface area contributed by atoms with E-state index >= 15 is 0 Å². The minimum absolute atomic E-state index is 0.0386. The fourth-order valence-corrected chi connectivity index (χ4v) is 26.0. The van der Waals surface area contributed by atoms with Crippen molar-refractivity contribution in [3.8, 4) is 0 Å². The minimum atomic E-state index is -1.26. The first-order valence-electron chi connectivity index (χ1n) is 34.3. The van der Waals surface area contributed by atoms with Gasteiger partial charge < -0.3 is 60.3 Å². The Hall–Kier alpha value is -2.97. The van der Waals surface area contributed by atoms with E-state index < -0.39 is 59.8 Å². The molecule has 13 aliphatic rings. The largest absolute Gasteiger partial charge is 0.476 e. The number of rotatable bonds is 9. The molecule has 3 aliphatic heterocycles. The average molecular weight is 1240 g/mol. The summed E-state index contributed by atoms with van der Waals surface area (Å²) in [5.74, 6) is 2.62. The van der Waals surface area contributed by atoms with Crippen molar-refractivity contribution in [2.45, 2.75) is 286 Å². The van der Waals surface area contributed by atoms with Gasteiger partial charge in [-0.25, -0.2) is 4.99 Å². The molecule has 0 aromatic rings. The highest BCUT2D eigenvalue weighted by atomic mass is 16.6. The second kappa shape index (κ2) is 21.8. The van der Waals surface area contributed by atoms with Gasteiger partial charge in [0.05, 0.1) is 67.6 Å². The SMILES string of the molecule is CC(=O)O[C@@H](C1C[C@@H](C)C2C(O1)[C@H](O)[C@@]1(C)[C@@H]3CC[C@H]4C(C)(C)C(OC(=O)CN)CC[C@@]45CC35CC[C@]21C)C(C)(C)O.CC(=O)O[C@@H](C1C[C@@H](C)C2C(O1)[C@H](O)[C@@]1(C)[C@@H]3CC[C@H]4C(C)(C)C(OC5=NCNC5)CC[C@@]45CC35CC[C@]21C)C(C)(C)O.NC=O. The Morgan fingerprint density at radius 2 is 1.03 bits per heavy atom. The van der Waals surface area contributed by atoms with Gasteiger partial charge in [0, 0.05) is 35.5 Å². The van der Waals surface area contributed by atoms with E-state index in [-0.39, 0.29) is 116 Å². The molecule has 2 saturated heterocycles. The van der Waals surface area contributed by atoms with Crippen molar-refractivity contribution in [2.75, 3.05) is 19.8 Å². The predicted octanol–water partition coefficient (Wildman–Crippen LogP) is 8.32. The van der Waals surface area contributed by atoms with Gasteiger partial charge in [-0.15, -0.1) is 0 Å². The summed E-state index contributed by atoms with van der Waals surface area (Å²) in [6, 6.07) is 0. The van der Waals surface area contributed by atoms with E-state index in [0.717, 1.165) is 63.8 Å². The van der Waals surface area contributed by atoms with Crippen LogP contribution in [0.1, 0.15) is 214 Å². The first kappa shape index (κ1) is 66.5. The molecule has 10 aliphatic carbocycles. The number of aliphatic imine (C=N–C) groups is 1. The van der Waals surface area contributed by atoms with Gasteiger partial charge in [0.1, 0.15) is 12.2 Å². The van der Waals surface area contributed by atoms with Gasteiger partial charge in [-0.2, -0.15) is 0 Å². The third-order valence-electron chi connectivity index (χ3n) is 29.5. The van der Waals surface area contributed by atoms with Gasteiger partial charge in [0.2, 0.25) is 6.41 Å². The lowest BCUT2D eigenvalue weighted by Crippen LogP contribution is -2.60. The zero-order valence-corrected chi connectivity index (χ0v) is 56.4. The first-order chi connectivity index (χ1) is 40.8. The summed E-state index contributed by atoms with van der Waals surface area (Å²) < 4.78 is 37.4. The Balaban J connectivity index is 0.000000174. The summed E-state index contributed by atoms with van der Waals surface area (Å²) in [5, 5.41) is 50.1. The van der Waals surface area contributed by atoms with Crippen LogP contribution in [0.25, 0.3) is 0 Å². The molecule has 0 radical (unpaired) electrons. The molecule has 0 aromatic carbocycles. The highest BCUT2D eigenvalue weighted by Gasteiger charge is 2.87. The van der Waals surface area contributed by atoms with Crippen LogP contribution >= 0.6 is 0 Å². The van der Waals surface area contributed by atoms with Crippen molar-refractivity contribution in [2.24, 2.45) is 118 Å². The van der Waals surface area contributed by atoms with Crippen LogP contribution in [0.3, 0.4) is 0 Å². The van der Waals surface area contributed by atoms with Crippen molar-refractivity contribution in [1.29, 1.82) is 0 Å². The van der Waals surface area contributed by atoms with Crippen LogP contribution in [-0.2, 0) is 47.6 Å². The van der Waals surface area contributed by atoms with Crippen LogP contribution < -0.4 is 16.8 Å². The number of esters is 3. The number of nitrogens with one attached hydrogen (secondary N) is 1. The normalized spacial score (nSPS) is 49.9. The summed E-state index contributed by atoms with van der Waals surface area (Å²) in [6.45, 7) is 34.5. The minimum Gasteiger partial charge on any atom is -0.476 e. The summed E-state index contributed by atoms with van der Waals surface area (Å²) in [5.41, 5.74) is 7.60. The lowest BCUT2D eigenvalue weighted by atomic mass is 9.41. The van der Waals surface area contributed by atoms with Gasteiger partial charge in [-0.1, -0.05) is 69.2 Å². The number of fused-ring (bicyclic) bond motifs is 8. The van der Waals surface area contributed by atoms with E-state index in [1.807, 2.05) is 0 Å². The summed E-state index contributed by atoms with van der Waals surface area (Å²) in [7, 11) is 0. The number of amides is 1. The zero-order chi connectivity index (χ0) is 64.5. The highest BCUT2D eigenvalue weighted by Crippen LogP contribution is 2.91. The van der Waals surface area contributed by atoms with E-state index in [1.165, 1.54) is 52.4 Å². The molecule has 10 unspecified atom stereocenters. The Labute approximate surface area is 524 Å². The van der Waals surface area contributed by atoms with Crippen LogP contribution in [0.2, 0.25) is 0 Å². The molecular formula is C70H114N4O14. The number of ether oxygens (including phenoxy) is 6. The molecule has 10 saturated carbocycles. The molecule has 18 heteroatoms. The number of nitrogens with two attached hydrogens (primary N) is 2. The fraction of sp³-hybridized carbons (Fsp3) is 0.929. The highest BCUT2D eigenvalue weighted by molar-refractivity contribution is 5.79. The lowest BCUT2D eigenvalue weighted by Gasteiger charge is -2.63. The maximum Gasteiger partial charge on any atom is 0.319 e. The monoisotopic (exact) mass is 1230 g/mol. The number of nitrogens with zero attached hydrogens (tertiary/aromatic N) is 1. The summed E-state index contributed by atoms with van der Waals surface area (Å²) >= 11 is 0. The van der Waals surface area contributed by atoms with Crippen molar-refractivity contribution in [3.63, 3.8) is 0 Å². The molecule has 4 spiro atoms. The van der Waals surface area contributed by atoms with Crippen LogP contribution in [-0.4, -0.2) is 143 Å². The molecule has 13 rings (SSSR count). The van der Waals surface area contributed by atoms with Crippen molar-refractivity contribution < 1.29 is 68.0 Å². The van der Waals surface area contributed by atoms with E-state index in [2.05, 4.69) is 85.3 Å². The molecule has 9 N–H and O–H groups in total. The van der Waals surface area contributed by atoms with E-state index in [9.17, 15) is 34.8 Å². The van der Waals surface area contributed by atoms with E-state index in [4.69, 9.17) is 38.9 Å². The number of aliphatic hydroxyl groups is 4. The van der Waals surface area contributed by atoms with Gasteiger partial charge in [-0.05, 0) is 210 Å². The standard InChI is InChI=1S/C35H56N2O6.C34H55NO7.CH3NO/c1-19-15-21(29(31(5,6)40)41-20(2)38)42-27-26(19)32(7)13-14-35-17-34(35)12-11-24(43-25-16-36-18-37-25)30(3,4)22(34)9-10-23(35)33(32,8)28(27)39;1-18-15-20(28(30(5,6)39)40-19(2)36)41-26-25(18)31(7)13-14-34-17-33(34)12-11-23(42-24(37)16-35)29(3,4)21(33)9-10-22(34)32(31,8)27(26)38;2-1-3/h19,21-24,26-29,36,39-40H,9-18H2,1-8H3;18,20-23,25-28,38-39H,9-17,35H2,1-8H3;1H,(H2,2,3)/t19-,21?,22+,23+,24?,26?,27?,28+,29+,32-,33-,34-,35?;18-,20?,21+,22+,23?,25?,26?,27+,28+,31-,32-,33-,34?;/m11./s1. The molecule has 1 amide bonds. The number of aliphatic hydroxyl groups excluding tert-OH is 2. The van der Waals surface area contributed by atoms with Gasteiger partial charge in [-0.3, -0.25) is 24.5 Å². The molecular weight excluding hydrogens is 1120 g/mol. The average Bonchev–Trinajstić information content (AvgIpc) is 1.47. The van der Waals surface area contributed by atoms with Gasteiger partial charge in [0.25, 0.3) is 0 Å². The molecule has 18 nitrogen and oxygen atoms in total. The second-order valence-electron chi connectivity index (χ2n) is 34.5. The Bertz CT molecular complexity index is 2750. The molecule has 498 valence electrons. The molecule has 0 bridgehead atoms. The first-order valence-corrected chi connectivity index (χ1v) is 34.3. The lowest BCUT2D eigenvalue weighted by molar-refractivity contribution is -0.216. The number of carbonyl (C=O) groups excluding carboxylic acids is 4. The van der Waals surface area contributed by atoms with Crippen LogP contribution in [0.4, 0.5) is 0 Å². The molecule has 3 heterocycles. The third-order valence-corrected chi connectivity index (χ3v) is 29.5. The maximum atomic E-state index is 12.5. The van der Waals surface area contributed by atoms with Crippen molar-refractivity contribution in [3.05, 3.63) is 0 Å². The van der Waals surface area contributed by atoms with E-state index in [0.29, 0.717) is 48.6 Å². The maximum absolute atomic E-state index is 12.5. The summed E-state index contributed by atoms with van der Waals surface area (Å²) in [6.07, 6.45) is 13.1. The summed E-state index contributed by atoms with van der Waals surface area (Å²) in [4.78, 5) is 49.3. The van der Waals surface area contributed by atoms with E-state index in [1.54, 1.807) is 27.7 Å². The number of hydrogen-bond acceptors (Lipinski definition) is 17.